The van der Waals surface area contributed by atoms with Gasteiger partial charge in [-0.05, 0) is 48.6 Å². The van der Waals surface area contributed by atoms with E-state index < -0.39 is 28.7 Å². The van der Waals surface area contributed by atoms with Crippen LogP contribution in [-0.4, -0.2) is 71.4 Å². The van der Waals surface area contributed by atoms with Crippen molar-refractivity contribution in [2.24, 2.45) is 17.8 Å². The number of carbonyl (C=O) groups excluding carboxylic acids is 3. The number of aliphatic hydroxyl groups excluding tert-OH is 1. The third-order valence-electron chi connectivity index (χ3n) is 9.52. The predicted molar refractivity (Wildman–Crippen MR) is 167 cm³/mol. The molecule has 4 heterocycles. The lowest BCUT2D eigenvalue weighted by Gasteiger charge is -2.40. The van der Waals surface area contributed by atoms with Crippen molar-refractivity contribution < 1.29 is 19.5 Å². The van der Waals surface area contributed by atoms with E-state index in [-0.39, 0.29) is 42.2 Å². The second-order valence-electron chi connectivity index (χ2n) is 12.0. The molecule has 3 N–H and O–H groups in total. The minimum atomic E-state index is -0.879. The predicted octanol–water partition coefficient (Wildman–Crippen LogP) is 3.08. The molecule has 4 aromatic rings. The molecule has 3 fully saturated rings. The van der Waals surface area contributed by atoms with Crippen LogP contribution in [0.2, 0.25) is 0 Å². The number of hydrogen-bond donors (Lipinski definition) is 3. The lowest BCUT2D eigenvalue weighted by molar-refractivity contribution is -0.142. The summed E-state index contributed by atoms with van der Waals surface area (Å²) in [7, 11) is 0. The Morgan fingerprint density at radius 1 is 1.02 bits per heavy atom. The van der Waals surface area contributed by atoms with Gasteiger partial charge in [-0.15, -0.1) is 16.9 Å². The average Bonchev–Trinajstić information content (AvgIpc) is 3.77. The Labute approximate surface area is 259 Å². The van der Waals surface area contributed by atoms with Gasteiger partial charge in [-0.2, -0.15) is 0 Å². The maximum atomic E-state index is 14.6. The fraction of sp³-hybridized carbons (Fsp3) is 0.364. The fourth-order valence-corrected chi connectivity index (χ4v) is 10.0. The Morgan fingerprint density at radius 2 is 1.73 bits per heavy atom. The summed E-state index contributed by atoms with van der Waals surface area (Å²) in [4.78, 5) is 44.4. The third-order valence-corrected chi connectivity index (χ3v) is 11.6. The summed E-state index contributed by atoms with van der Waals surface area (Å²) in [5.41, 5.74) is 3.11. The van der Waals surface area contributed by atoms with Crippen LogP contribution in [-0.2, 0) is 27.5 Å². The summed E-state index contributed by atoms with van der Waals surface area (Å²) in [6.07, 6.45) is 1.10. The van der Waals surface area contributed by atoms with Crippen molar-refractivity contribution in [3.8, 4) is 0 Å². The number of anilines is 1. The minimum absolute atomic E-state index is 0.00348. The second-order valence-corrected chi connectivity index (χ2v) is 13.5. The molecule has 44 heavy (non-hydrogen) atoms. The number of nitrogens with zero attached hydrogens (tertiary/aromatic N) is 4. The molecule has 0 saturated carbocycles. The van der Waals surface area contributed by atoms with Crippen molar-refractivity contribution in [2.45, 2.75) is 48.5 Å². The number of rotatable bonds is 9. The first-order valence-corrected chi connectivity index (χ1v) is 15.9. The van der Waals surface area contributed by atoms with Crippen LogP contribution in [0.15, 0.2) is 84.9 Å². The van der Waals surface area contributed by atoms with Gasteiger partial charge in [-0.3, -0.25) is 14.4 Å². The normalized spacial score (nSPS) is 27.8. The van der Waals surface area contributed by atoms with Gasteiger partial charge in [0.25, 0.3) is 0 Å². The van der Waals surface area contributed by atoms with E-state index in [0.717, 1.165) is 17.5 Å². The van der Waals surface area contributed by atoms with Crippen LogP contribution in [0.3, 0.4) is 0 Å². The summed E-state index contributed by atoms with van der Waals surface area (Å²) in [6, 6.07) is 24.9. The van der Waals surface area contributed by atoms with Gasteiger partial charge in [0.05, 0.1) is 34.7 Å². The summed E-state index contributed by atoms with van der Waals surface area (Å²) in [5.74, 6) is -2.08. The van der Waals surface area contributed by atoms with Crippen molar-refractivity contribution in [1.82, 2.24) is 25.2 Å². The van der Waals surface area contributed by atoms with Crippen LogP contribution < -0.4 is 10.6 Å². The maximum Gasteiger partial charge on any atom is 0.245 e. The Bertz CT molecular complexity index is 1700. The molecule has 7 atom stereocenters. The molecule has 0 aliphatic carbocycles. The average molecular weight is 611 g/mol. The molecule has 2 bridgehead atoms. The molecular formula is C33H34N6O4S. The SMILES string of the molecule is CC1C[C@@H]2SC13C(C(=O)NCn1nnc4ccccc41)N([C@@H](CO)Cc1ccccc1)C(=O)[C@@H]3[C@@H]2C(=O)Nc1ccccc1. The molecule has 10 nitrogen and oxygen atoms in total. The zero-order chi connectivity index (χ0) is 30.4. The highest BCUT2D eigenvalue weighted by atomic mass is 32.2. The van der Waals surface area contributed by atoms with E-state index in [4.69, 9.17) is 0 Å². The molecule has 3 saturated heterocycles. The highest BCUT2D eigenvalue weighted by Crippen LogP contribution is 2.68. The van der Waals surface area contributed by atoms with E-state index in [1.54, 1.807) is 21.3 Å². The van der Waals surface area contributed by atoms with Crippen LogP contribution in [0.1, 0.15) is 18.9 Å². The first-order chi connectivity index (χ1) is 21.4. The highest BCUT2D eigenvalue weighted by molar-refractivity contribution is 8.02. The number of hydrogen-bond acceptors (Lipinski definition) is 7. The maximum absolute atomic E-state index is 14.6. The molecule has 3 aliphatic rings. The van der Waals surface area contributed by atoms with E-state index in [0.29, 0.717) is 17.6 Å². The molecular weight excluding hydrogens is 576 g/mol. The lowest BCUT2D eigenvalue weighted by Crippen LogP contribution is -2.59. The van der Waals surface area contributed by atoms with Crippen LogP contribution >= 0.6 is 11.8 Å². The number of thioether (sulfide) groups is 1. The number of likely N-dealkylation sites (tertiary alicyclic amines) is 1. The Hall–Kier alpha value is -4.22. The van der Waals surface area contributed by atoms with Crippen molar-refractivity contribution in [2.75, 3.05) is 11.9 Å². The Balaban J connectivity index is 1.24. The number of carbonyl (C=O) groups is 3. The smallest absolute Gasteiger partial charge is 0.245 e. The number of amides is 3. The molecule has 3 aromatic carbocycles. The van der Waals surface area contributed by atoms with Crippen LogP contribution in [0, 0.1) is 17.8 Å². The zero-order valence-electron chi connectivity index (χ0n) is 24.2. The summed E-state index contributed by atoms with van der Waals surface area (Å²) >= 11 is 1.61. The zero-order valence-corrected chi connectivity index (χ0v) is 25.1. The van der Waals surface area contributed by atoms with Crippen LogP contribution in [0.4, 0.5) is 5.69 Å². The molecule has 7 rings (SSSR count). The van der Waals surface area contributed by atoms with Gasteiger partial charge >= 0.3 is 0 Å². The summed E-state index contributed by atoms with van der Waals surface area (Å²) < 4.78 is 0.800. The Morgan fingerprint density at radius 3 is 2.48 bits per heavy atom. The second kappa shape index (κ2) is 11.4. The first-order valence-electron chi connectivity index (χ1n) is 15.0. The number of para-hydroxylation sites is 2. The van der Waals surface area contributed by atoms with Crippen molar-refractivity contribution in [1.29, 1.82) is 0 Å². The molecule has 1 aromatic heterocycles. The van der Waals surface area contributed by atoms with E-state index in [9.17, 15) is 19.5 Å². The van der Waals surface area contributed by atoms with Gasteiger partial charge in [-0.1, -0.05) is 72.8 Å². The fourth-order valence-electron chi connectivity index (χ4n) is 7.62. The quantitative estimate of drug-likeness (QED) is 0.266. The van der Waals surface area contributed by atoms with E-state index in [1.807, 2.05) is 84.9 Å². The van der Waals surface area contributed by atoms with Gasteiger partial charge in [0.2, 0.25) is 17.7 Å². The van der Waals surface area contributed by atoms with E-state index in [1.165, 1.54) is 0 Å². The van der Waals surface area contributed by atoms with Crippen molar-refractivity contribution in [3.63, 3.8) is 0 Å². The van der Waals surface area contributed by atoms with Crippen molar-refractivity contribution >= 4 is 46.2 Å². The molecule has 3 unspecified atom stereocenters. The highest BCUT2D eigenvalue weighted by Gasteiger charge is 2.76. The third kappa shape index (κ3) is 4.57. The van der Waals surface area contributed by atoms with E-state index in [2.05, 4.69) is 27.9 Å². The number of nitrogens with one attached hydrogen (secondary N) is 2. The minimum Gasteiger partial charge on any atom is -0.394 e. The molecule has 226 valence electrons. The van der Waals surface area contributed by atoms with Crippen LogP contribution in [0.5, 0.6) is 0 Å². The molecule has 1 spiro atoms. The van der Waals surface area contributed by atoms with Crippen LogP contribution in [0.25, 0.3) is 11.0 Å². The van der Waals surface area contributed by atoms with E-state index >= 15 is 0 Å². The molecule has 3 amide bonds. The number of benzene rings is 3. The lowest BCUT2D eigenvalue weighted by atomic mass is 9.66. The molecule has 11 heteroatoms. The van der Waals surface area contributed by atoms with Gasteiger partial charge in [0.1, 0.15) is 18.2 Å². The standard InChI is InChI=1S/C33H34N6O4S/c1-20-16-26-27(30(41)35-22-12-6-3-7-13-22)28-32(43)39(23(18-40)17-21-10-4-2-5-11-21)29(33(20,28)44-26)31(42)34-19-38-25-15-9-8-14-24(25)36-37-38/h2-15,20,23,26-29,40H,16-19H2,1H3,(H,34,42)(H,35,41)/t20?,23-,26+,27-,28+,29?,33?/m1/s1. The van der Waals surface area contributed by atoms with Crippen molar-refractivity contribution in [3.05, 3.63) is 90.5 Å². The van der Waals surface area contributed by atoms with Gasteiger partial charge < -0.3 is 20.6 Å². The number of aromatic nitrogens is 3. The van der Waals surface area contributed by atoms with Gasteiger partial charge in [-0.25, -0.2) is 4.68 Å². The monoisotopic (exact) mass is 610 g/mol. The van der Waals surface area contributed by atoms with Gasteiger partial charge in [0.15, 0.2) is 0 Å². The topological polar surface area (TPSA) is 129 Å². The molecule has 3 aliphatic heterocycles. The largest absolute Gasteiger partial charge is 0.394 e. The summed E-state index contributed by atoms with van der Waals surface area (Å²) in [5, 5.41) is 25.1. The summed E-state index contributed by atoms with van der Waals surface area (Å²) in [6.45, 7) is 1.84. The molecule has 0 radical (unpaired) electrons. The van der Waals surface area contributed by atoms with Gasteiger partial charge in [0, 0.05) is 10.9 Å². The number of aliphatic hydroxyl groups is 1. The number of fused-ring (bicyclic) bond motifs is 2. The first kappa shape index (κ1) is 28.5. The Kier molecular flexibility index (Phi) is 7.37.